The quantitative estimate of drug-likeness (QED) is 0.609. The van der Waals surface area contributed by atoms with Gasteiger partial charge in [0, 0.05) is 30.8 Å². The number of carbonyl (C=O) groups excluding carboxylic acids is 1. The Kier molecular flexibility index (Phi) is 7.49. The van der Waals surface area contributed by atoms with Crippen LogP contribution in [-0.2, 0) is 15.0 Å². The molecule has 1 amide bonds. The molecular weight excluding hydrogens is 407 g/mol. The highest BCUT2D eigenvalue weighted by atomic mass is 32.1. The van der Waals surface area contributed by atoms with Crippen LogP contribution in [0.1, 0.15) is 22.3 Å². The van der Waals surface area contributed by atoms with Gasteiger partial charge in [-0.2, -0.15) is 0 Å². The molecule has 3 atom stereocenters. The summed E-state index contributed by atoms with van der Waals surface area (Å²) in [5.41, 5.74) is -0.387. The molecule has 0 aromatic heterocycles. The van der Waals surface area contributed by atoms with E-state index < -0.39 is 17.3 Å². The first-order chi connectivity index (χ1) is 14.5. The number of hydrogen-bond donors (Lipinski definition) is 3. The Morgan fingerprint density at radius 2 is 1.97 bits per heavy atom. The largest absolute Gasteiger partial charge is 0.396 e. The molecule has 0 unspecified atom stereocenters. The molecule has 6 nitrogen and oxygen atoms in total. The number of hydrogen-bond acceptors (Lipinski definition) is 5. The molecule has 2 aromatic rings. The van der Waals surface area contributed by atoms with Gasteiger partial charge in [0.1, 0.15) is 5.82 Å². The maximum atomic E-state index is 14.8. The van der Waals surface area contributed by atoms with Crippen LogP contribution in [0.3, 0.4) is 0 Å². The molecule has 0 aliphatic carbocycles. The lowest BCUT2D eigenvalue weighted by Crippen LogP contribution is -2.62. The molecule has 0 bridgehead atoms. The van der Waals surface area contributed by atoms with Gasteiger partial charge in [0.05, 0.1) is 24.9 Å². The van der Waals surface area contributed by atoms with Crippen LogP contribution in [0.4, 0.5) is 4.39 Å². The molecule has 0 spiro atoms. The van der Waals surface area contributed by atoms with Gasteiger partial charge in [-0.1, -0.05) is 36.4 Å². The van der Waals surface area contributed by atoms with Crippen LogP contribution in [0.15, 0.2) is 54.6 Å². The lowest BCUT2D eigenvalue weighted by atomic mass is 9.74. The summed E-state index contributed by atoms with van der Waals surface area (Å²) in [6.07, 6.45) is 0.197. The molecule has 3 rings (SSSR count). The fraction of sp³-hybridized carbons (Fsp3) is 0.364. The second-order valence-corrected chi connectivity index (χ2v) is 7.64. The number of ether oxygens (including phenoxy) is 2. The van der Waals surface area contributed by atoms with Crippen LogP contribution >= 0.6 is 12.2 Å². The predicted octanol–water partition coefficient (Wildman–Crippen LogP) is 2.37. The van der Waals surface area contributed by atoms with E-state index in [1.54, 1.807) is 49.6 Å². The fourth-order valence-electron chi connectivity index (χ4n) is 3.81. The molecule has 1 fully saturated rings. The topological polar surface area (TPSA) is 79.8 Å². The monoisotopic (exact) mass is 432 g/mol. The van der Waals surface area contributed by atoms with Crippen molar-refractivity contribution in [2.45, 2.75) is 18.1 Å². The minimum atomic E-state index is -1.15. The number of carbonyl (C=O) groups is 1. The van der Waals surface area contributed by atoms with Crippen molar-refractivity contribution in [2.24, 2.45) is 5.92 Å². The normalized spacial score (nSPS) is 23.6. The van der Waals surface area contributed by atoms with Crippen LogP contribution in [0, 0.1) is 11.7 Å². The number of thiocarbonyl (C=S) groups is 1. The van der Waals surface area contributed by atoms with E-state index in [9.17, 15) is 14.3 Å². The Bertz CT molecular complexity index is 882. The van der Waals surface area contributed by atoms with Gasteiger partial charge in [0.2, 0.25) is 0 Å². The van der Waals surface area contributed by atoms with Gasteiger partial charge in [-0.05, 0) is 36.8 Å². The van der Waals surface area contributed by atoms with Crippen LogP contribution < -0.4 is 10.6 Å². The Morgan fingerprint density at radius 1 is 1.27 bits per heavy atom. The Balaban J connectivity index is 1.88. The smallest absolute Gasteiger partial charge is 0.257 e. The van der Waals surface area contributed by atoms with E-state index in [1.807, 2.05) is 6.07 Å². The second kappa shape index (κ2) is 10.1. The van der Waals surface area contributed by atoms with Crippen LogP contribution in [-0.4, -0.2) is 49.2 Å². The van der Waals surface area contributed by atoms with Gasteiger partial charge in [0.15, 0.2) is 5.11 Å². The maximum Gasteiger partial charge on any atom is 0.257 e. The zero-order chi connectivity index (χ0) is 21.6. The third-order valence-corrected chi connectivity index (χ3v) is 5.52. The predicted molar refractivity (Wildman–Crippen MR) is 115 cm³/mol. The SMILES string of the molecule is COC[C@H]1C[C@@H](CO)[C@](NC(=S)NC(=O)c2ccccc2)(c2ccccc2F)CO1. The average molecular weight is 433 g/mol. The van der Waals surface area contributed by atoms with Gasteiger partial charge in [-0.25, -0.2) is 4.39 Å². The zero-order valence-electron chi connectivity index (χ0n) is 16.6. The van der Waals surface area contributed by atoms with Crippen molar-refractivity contribution in [3.63, 3.8) is 0 Å². The van der Waals surface area contributed by atoms with Crippen molar-refractivity contribution in [2.75, 3.05) is 26.9 Å². The van der Waals surface area contributed by atoms with E-state index in [0.29, 0.717) is 24.2 Å². The van der Waals surface area contributed by atoms with Crippen molar-refractivity contribution in [3.8, 4) is 0 Å². The Morgan fingerprint density at radius 3 is 2.63 bits per heavy atom. The first-order valence-corrected chi connectivity index (χ1v) is 10.1. The molecule has 0 saturated carbocycles. The van der Waals surface area contributed by atoms with Gasteiger partial charge >= 0.3 is 0 Å². The van der Waals surface area contributed by atoms with Gasteiger partial charge in [-0.3, -0.25) is 10.1 Å². The Labute approximate surface area is 180 Å². The van der Waals surface area contributed by atoms with Gasteiger partial charge < -0.3 is 19.9 Å². The molecule has 1 heterocycles. The molecule has 160 valence electrons. The second-order valence-electron chi connectivity index (χ2n) is 7.23. The number of aliphatic hydroxyl groups is 1. The molecule has 0 radical (unpaired) electrons. The summed E-state index contributed by atoms with van der Waals surface area (Å²) in [5.74, 6) is -1.25. The summed E-state index contributed by atoms with van der Waals surface area (Å²) in [6.45, 7) is 0.188. The summed E-state index contributed by atoms with van der Waals surface area (Å²) in [4.78, 5) is 12.5. The van der Waals surface area contributed by atoms with Crippen molar-refractivity contribution < 1.29 is 23.8 Å². The van der Waals surface area contributed by atoms with Crippen LogP contribution in [0.2, 0.25) is 0 Å². The summed E-state index contributed by atoms with van der Waals surface area (Å²) < 4.78 is 25.9. The first-order valence-electron chi connectivity index (χ1n) is 9.65. The molecule has 2 aromatic carbocycles. The zero-order valence-corrected chi connectivity index (χ0v) is 17.5. The fourth-order valence-corrected chi connectivity index (χ4v) is 4.09. The van der Waals surface area contributed by atoms with Crippen LogP contribution in [0.25, 0.3) is 0 Å². The standard InChI is InChI=1S/C22H25FN2O4S/c1-28-13-17-11-16(12-26)22(14-29-17,18-9-5-6-10-19(18)23)25-21(30)24-20(27)15-7-3-2-4-8-15/h2-10,16-17,26H,11-14H2,1H3,(H2,24,25,27,30)/t16-,17+,22-/m0/s1. The molecule has 1 aliphatic rings. The highest BCUT2D eigenvalue weighted by molar-refractivity contribution is 7.80. The summed E-state index contributed by atoms with van der Waals surface area (Å²) in [6, 6.07) is 14.9. The van der Waals surface area contributed by atoms with Crippen molar-refractivity contribution in [1.29, 1.82) is 0 Å². The van der Waals surface area contributed by atoms with E-state index in [1.165, 1.54) is 6.07 Å². The van der Waals surface area contributed by atoms with Gasteiger partial charge in [0.25, 0.3) is 5.91 Å². The van der Waals surface area contributed by atoms with Crippen LogP contribution in [0.5, 0.6) is 0 Å². The maximum absolute atomic E-state index is 14.8. The van der Waals surface area contributed by atoms with Gasteiger partial charge in [-0.15, -0.1) is 0 Å². The van der Waals surface area contributed by atoms with E-state index >= 15 is 0 Å². The highest BCUT2D eigenvalue weighted by Gasteiger charge is 2.47. The number of methoxy groups -OCH3 is 1. The molecule has 3 N–H and O–H groups in total. The van der Waals surface area contributed by atoms with E-state index in [4.69, 9.17) is 21.7 Å². The molecule has 1 aliphatic heterocycles. The average Bonchev–Trinajstić information content (AvgIpc) is 2.75. The summed E-state index contributed by atoms with van der Waals surface area (Å²) >= 11 is 5.38. The third kappa shape index (κ3) is 4.84. The minimum Gasteiger partial charge on any atom is -0.396 e. The minimum absolute atomic E-state index is 0.0272. The molecular formula is C22H25FN2O4S. The highest BCUT2D eigenvalue weighted by Crippen LogP contribution is 2.39. The van der Waals surface area contributed by atoms with Crippen molar-refractivity contribution >= 4 is 23.2 Å². The lowest BCUT2D eigenvalue weighted by molar-refractivity contribution is -0.104. The van der Waals surface area contributed by atoms with E-state index in [-0.39, 0.29) is 30.3 Å². The number of halogens is 1. The van der Waals surface area contributed by atoms with Crippen molar-refractivity contribution in [1.82, 2.24) is 10.6 Å². The van der Waals surface area contributed by atoms with Crippen molar-refractivity contribution in [3.05, 3.63) is 71.5 Å². The number of benzene rings is 2. The summed E-state index contributed by atoms with van der Waals surface area (Å²) in [5, 5.41) is 15.9. The van der Waals surface area contributed by atoms with E-state index in [2.05, 4.69) is 10.6 Å². The third-order valence-electron chi connectivity index (χ3n) is 5.32. The summed E-state index contributed by atoms with van der Waals surface area (Å²) in [7, 11) is 1.57. The first kappa shape index (κ1) is 22.3. The number of nitrogens with one attached hydrogen (secondary N) is 2. The lowest BCUT2D eigenvalue weighted by Gasteiger charge is -2.47. The van der Waals surface area contributed by atoms with E-state index in [0.717, 1.165) is 0 Å². The molecule has 30 heavy (non-hydrogen) atoms. The number of amides is 1. The number of aliphatic hydroxyl groups excluding tert-OH is 1. The number of rotatable bonds is 6. The molecule has 1 saturated heterocycles. The Hall–Kier alpha value is -2.39. The molecule has 8 heteroatoms.